The van der Waals surface area contributed by atoms with Crippen LogP contribution in [0.4, 0.5) is 5.69 Å². The molecule has 8 heteroatoms. The zero-order chi connectivity index (χ0) is 17.3. The minimum absolute atomic E-state index is 0.0841. The summed E-state index contributed by atoms with van der Waals surface area (Å²) in [7, 11) is 1.67. The van der Waals surface area contributed by atoms with Crippen molar-refractivity contribution in [2.24, 2.45) is 7.05 Å². The van der Waals surface area contributed by atoms with Crippen LogP contribution in [0.2, 0.25) is 0 Å². The topological polar surface area (TPSA) is 64.0 Å². The van der Waals surface area contributed by atoms with Crippen LogP contribution in [0.15, 0.2) is 44.1 Å². The average Bonchev–Trinajstić information content (AvgIpc) is 3.01. The number of amides is 1. The van der Waals surface area contributed by atoms with Crippen molar-refractivity contribution in [2.45, 2.75) is 12.1 Å². The highest BCUT2D eigenvalue weighted by molar-refractivity contribution is 9.10. The van der Waals surface area contributed by atoms with Crippen LogP contribution < -0.4 is 10.9 Å². The third kappa shape index (κ3) is 3.55. The number of carbonyl (C=O) groups is 1. The van der Waals surface area contributed by atoms with Gasteiger partial charge >= 0.3 is 0 Å². The van der Waals surface area contributed by atoms with Crippen molar-refractivity contribution in [3.05, 3.63) is 50.0 Å². The third-order valence-electron chi connectivity index (χ3n) is 3.38. The molecule has 0 bridgehead atoms. The molecule has 1 aromatic carbocycles. The van der Waals surface area contributed by atoms with Crippen LogP contribution in [0.1, 0.15) is 5.56 Å². The minimum Gasteiger partial charge on any atom is -0.324 e. The van der Waals surface area contributed by atoms with Gasteiger partial charge in [0.15, 0.2) is 5.16 Å². The molecule has 1 N–H and O–H groups in total. The van der Waals surface area contributed by atoms with Gasteiger partial charge in [0, 0.05) is 11.5 Å². The van der Waals surface area contributed by atoms with E-state index in [2.05, 4.69) is 26.2 Å². The summed E-state index contributed by atoms with van der Waals surface area (Å²) in [5.41, 5.74) is 2.42. The highest BCUT2D eigenvalue weighted by Crippen LogP contribution is 2.24. The highest BCUT2D eigenvalue weighted by atomic mass is 79.9. The number of aromatic nitrogens is 2. The van der Waals surface area contributed by atoms with Gasteiger partial charge in [-0.05, 0) is 52.0 Å². The minimum atomic E-state index is -0.149. The van der Waals surface area contributed by atoms with Crippen LogP contribution in [-0.4, -0.2) is 21.2 Å². The Morgan fingerprint density at radius 3 is 2.96 bits per heavy atom. The van der Waals surface area contributed by atoms with E-state index in [0.29, 0.717) is 15.4 Å². The van der Waals surface area contributed by atoms with Gasteiger partial charge in [0.2, 0.25) is 5.91 Å². The molecule has 0 aliphatic carbocycles. The van der Waals surface area contributed by atoms with Crippen molar-refractivity contribution in [3.8, 4) is 0 Å². The molecule has 124 valence electrons. The summed E-state index contributed by atoms with van der Waals surface area (Å²) in [6, 6.07) is 7.55. The molecule has 5 nitrogen and oxygen atoms in total. The van der Waals surface area contributed by atoms with Gasteiger partial charge in [-0.1, -0.05) is 17.8 Å². The Hall–Kier alpha value is -1.64. The van der Waals surface area contributed by atoms with Gasteiger partial charge in [-0.2, -0.15) is 0 Å². The van der Waals surface area contributed by atoms with Crippen LogP contribution >= 0.6 is 39.0 Å². The van der Waals surface area contributed by atoms with Crippen molar-refractivity contribution in [2.75, 3.05) is 11.1 Å². The molecule has 24 heavy (non-hydrogen) atoms. The second kappa shape index (κ2) is 7.08. The summed E-state index contributed by atoms with van der Waals surface area (Å²) in [5.74, 6) is 0.0280. The Morgan fingerprint density at radius 2 is 2.21 bits per heavy atom. The first-order valence-electron chi connectivity index (χ1n) is 7.09. The average molecular weight is 424 g/mol. The van der Waals surface area contributed by atoms with E-state index in [4.69, 9.17) is 0 Å². The van der Waals surface area contributed by atoms with Crippen LogP contribution in [0.3, 0.4) is 0 Å². The molecule has 3 rings (SSSR count). The number of hydrogen-bond acceptors (Lipinski definition) is 5. The van der Waals surface area contributed by atoms with Crippen molar-refractivity contribution < 1.29 is 4.79 Å². The lowest BCUT2D eigenvalue weighted by Gasteiger charge is -2.09. The van der Waals surface area contributed by atoms with Gasteiger partial charge in [0.25, 0.3) is 5.56 Å². The van der Waals surface area contributed by atoms with Crippen LogP contribution in [0.5, 0.6) is 0 Å². The Morgan fingerprint density at radius 1 is 1.42 bits per heavy atom. The van der Waals surface area contributed by atoms with E-state index in [1.54, 1.807) is 7.05 Å². The van der Waals surface area contributed by atoms with Gasteiger partial charge in [-0.25, -0.2) is 4.98 Å². The van der Waals surface area contributed by atoms with E-state index >= 15 is 0 Å². The number of hydrogen-bond donors (Lipinski definition) is 1. The molecule has 0 atom stereocenters. The maximum atomic E-state index is 12.2. The number of aryl methyl sites for hydroxylation is 1. The Labute approximate surface area is 155 Å². The summed E-state index contributed by atoms with van der Waals surface area (Å²) in [6.07, 6.45) is 0. The van der Waals surface area contributed by atoms with E-state index < -0.39 is 0 Å². The normalized spacial score (nSPS) is 11.0. The molecule has 2 aromatic heterocycles. The third-order valence-corrected chi connectivity index (χ3v) is 5.95. The van der Waals surface area contributed by atoms with E-state index in [1.165, 1.54) is 27.7 Å². The molecule has 0 aliphatic rings. The van der Waals surface area contributed by atoms with Gasteiger partial charge in [0.05, 0.1) is 17.0 Å². The summed E-state index contributed by atoms with van der Waals surface area (Å²) in [4.78, 5) is 28.9. The number of thioether (sulfide) groups is 1. The first kappa shape index (κ1) is 17.2. The fourth-order valence-corrected chi connectivity index (χ4v) is 4.30. The monoisotopic (exact) mass is 423 g/mol. The Kier molecular flexibility index (Phi) is 5.07. The van der Waals surface area contributed by atoms with Crippen molar-refractivity contribution in [1.82, 2.24) is 9.55 Å². The number of fused-ring (bicyclic) bond motifs is 1. The van der Waals surface area contributed by atoms with E-state index in [-0.39, 0.29) is 17.2 Å². The fourth-order valence-electron chi connectivity index (χ4n) is 2.13. The van der Waals surface area contributed by atoms with Gasteiger partial charge in [0.1, 0.15) is 4.70 Å². The first-order valence-corrected chi connectivity index (χ1v) is 9.74. The smallest absolute Gasteiger partial charge is 0.271 e. The van der Waals surface area contributed by atoms with Crippen LogP contribution in [-0.2, 0) is 11.8 Å². The largest absolute Gasteiger partial charge is 0.324 e. The van der Waals surface area contributed by atoms with Gasteiger partial charge in [-0.15, -0.1) is 11.3 Å². The lowest BCUT2D eigenvalue weighted by Crippen LogP contribution is -2.20. The van der Waals surface area contributed by atoms with Gasteiger partial charge < -0.3 is 5.32 Å². The van der Waals surface area contributed by atoms with Crippen molar-refractivity contribution in [3.63, 3.8) is 0 Å². The predicted octanol–water partition coefficient (Wildman–Crippen LogP) is 3.80. The second-order valence-electron chi connectivity index (χ2n) is 5.21. The SMILES string of the molecule is Cc1ccc(NC(=O)CSc2nc3ccsc3c(=O)n2C)c(Br)c1. The number of nitrogens with zero attached hydrogens (tertiary/aromatic N) is 2. The maximum Gasteiger partial charge on any atom is 0.271 e. The molecule has 0 saturated heterocycles. The number of carbonyl (C=O) groups excluding carboxylic acids is 1. The molecule has 0 fully saturated rings. The summed E-state index contributed by atoms with van der Waals surface area (Å²) >= 11 is 6.06. The number of anilines is 1. The van der Waals surface area contributed by atoms with E-state index in [1.807, 2.05) is 36.6 Å². The first-order chi connectivity index (χ1) is 11.5. The number of benzene rings is 1. The number of halogens is 1. The molecule has 0 spiro atoms. The maximum absolute atomic E-state index is 12.2. The standard InChI is InChI=1S/C16H14BrN3O2S2/c1-9-3-4-11(10(17)7-9)18-13(21)8-24-16-19-12-5-6-23-14(12)15(22)20(16)2/h3-7H,8H2,1-2H3,(H,18,21). The van der Waals surface area contributed by atoms with Crippen molar-refractivity contribution >= 4 is 60.8 Å². The molecule has 1 amide bonds. The zero-order valence-corrected chi connectivity index (χ0v) is 16.2. The molecule has 0 aliphatic heterocycles. The highest BCUT2D eigenvalue weighted by Gasteiger charge is 2.12. The fraction of sp³-hybridized carbons (Fsp3) is 0.188. The summed E-state index contributed by atoms with van der Waals surface area (Å²) in [5, 5.41) is 5.23. The quantitative estimate of drug-likeness (QED) is 0.511. The summed E-state index contributed by atoms with van der Waals surface area (Å²) in [6.45, 7) is 1.99. The molecular weight excluding hydrogens is 410 g/mol. The number of rotatable bonds is 4. The molecule has 3 aromatic rings. The van der Waals surface area contributed by atoms with Crippen molar-refractivity contribution in [1.29, 1.82) is 0 Å². The lowest BCUT2D eigenvalue weighted by atomic mass is 10.2. The molecule has 0 unspecified atom stereocenters. The molecular formula is C16H14BrN3O2S2. The Bertz CT molecular complexity index is 981. The predicted molar refractivity (Wildman–Crippen MR) is 103 cm³/mol. The Balaban J connectivity index is 1.72. The van der Waals surface area contributed by atoms with E-state index in [0.717, 1.165) is 15.7 Å². The number of thiophene rings is 1. The molecule has 0 radical (unpaired) electrons. The zero-order valence-electron chi connectivity index (χ0n) is 13.0. The second-order valence-corrected chi connectivity index (χ2v) is 7.93. The van der Waals surface area contributed by atoms with Crippen LogP contribution in [0.25, 0.3) is 10.2 Å². The molecule has 2 heterocycles. The molecule has 0 saturated carbocycles. The van der Waals surface area contributed by atoms with Crippen LogP contribution in [0, 0.1) is 6.92 Å². The van der Waals surface area contributed by atoms with E-state index in [9.17, 15) is 9.59 Å². The lowest BCUT2D eigenvalue weighted by molar-refractivity contribution is -0.113. The summed E-state index contributed by atoms with van der Waals surface area (Å²) < 4.78 is 2.96. The van der Waals surface area contributed by atoms with Gasteiger partial charge in [-0.3, -0.25) is 14.2 Å². The number of nitrogens with one attached hydrogen (secondary N) is 1.